The first-order valence-corrected chi connectivity index (χ1v) is 2.85. The van der Waals surface area contributed by atoms with Crippen LogP contribution in [0.15, 0.2) is 5.16 Å². The number of hydroxylamine groups is 1. The van der Waals surface area contributed by atoms with E-state index in [1.54, 1.807) is 6.92 Å². The van der Waals surface area contributed by atoms with Crippen LogP contribution in [0, 0.1) is 0 Å². The Morgan fingerprint density at radius 1 is 1.67 bits per heavy atom. The first-order valence-electron chi connectivity index (χ1n) is 2.85. The van der Waals surface area contributed by atoms with E-state index in [0.717, 1.165) is 6.42 Å². The average molecular weight is 132 g/mol. The Balaban J connectivity index is 3.07. The van der Waals surface area contributed by atoms with Crippen molar-refractivity contribution in [2.45, 2.75) is 19.8 Å². The lowest BCUT2D eigenvalue weighted by Gasteiger charge is -1.95. The summed E-state index contributed by atoms with van der Waals surface area (Å²) in [6.45, 7) is 2.27. The minimum absolute atomic E-state index is 0.535. The molecular weight excluding hydrogens is 120 g/mol. The number of hydrogen-bond donors (Lipinski definition) is 3. The molecule has 0 fully saturated rings. The SMILES string of the molecule is C/C(CCCNO)=N\O. The van der Waals surface area contributed by atoms with Crippen LogP contribution >= 0.6 is 0 Å². The van der Waals surface area contributed by atoms with Gasteiger partial charge in [-0.05, 0) is 19.8 Å². The van der Waals surface area contributed by atoms with Crippen LogP contribution in [0.25, 0.3) is 0 Å². The van der Waals surface area contributed by atoms with Crippen molar-refractivity contribution >= 4 is 5.71 Å². The van der Waals surface area contributed by atoms with Crippen molar-refractivity contribution in [3.63, 3.8) is 0 Å². The topological polar surface area (TPSA) is 64.8 Å². The smallest absolute Gasteiger partial charge is 0.0540 e. The molecule has 0 aromatic heterocycles. The van der Waals surface area contributed by atoms with Crippen molar-refractivity contribution in [2.24, 2.45) is 5.16 Å². The molecule has 0 aliphatic rings. The van der Waals surface area contributed by atoms with E-state index in [-0.39, 0.29) is 0 Å². The largest absolute Gasteiger partial charge is 0.411 e. The first kappa shape index (κ1) is 8.39. The van der Waals surface area contributed by atoms with Crippen LogP contribution in [0.3, 0.4) is 0 Å². The van der Waals surface area contributed by atoms with Crippen molar-refractivity contribution in [1.29, 1.82) is 0 Å². The minimum atomic E-state index is 0.535. The molecule has 0 bridgehead atoms. The van der Waals surface area contributed by atoms with Crippen LogP contribution < -0.4 is 5.48 Å². The number of rotatable bonds is 4. The second kappa shape index (κ2) is 5.53. The fraction of sp³-hybridized carbons (Fsp3) is 0.800. The van der Waals surface area contributed by atoms with Gasteiger partial charge in [-0.1, -0.05) is 5.16 Å². The third kappa shape index (κ3) is 5.26. The van der Waals surface area contributed by atoms with Crippen molar-refractivity contribution in [3.8, 4) is 0 Å². The van der Waals surface area contributed by atoms with E-state index >= 15 is 0 Å². The lowest BCUT2D eigenvalue weighted by molar-refractivity contribution is 0.166. The maximum absolute atomic E-state index is 8.14. The first-order chi connectivity index (χ1) is 4.31. The summed E-state index contributed by atoms with van der Waals surface area (Å²) < 4.78 is 0. The molecule has 0 aromatic rings. The molecule has 0 unspecified atom stereocenters. The predicted octanol–water partition coefficient (Wildman–Crippen LogP) is 0.595. The van der Waals surface area contributed by atoms with Crippen LogP contribution in [0.1, 0.15) is 19.8 Å². The van der Waals surface area contributed by atoms with Gasteiger partial charge in [-0.15, -0.1) is 0 Å². The molecule has 0 saturated heterocycles. The second-order valence-electron chi connectivity index (χ2n) is 1.85. The van der Waals surface area contributed by atoms with Gasteiger partial charge in [0.1, 0.15) is 0 Å². The van der Waals surface area contributed by atoms with Gasteiger partial charge in [0.05, 0.1) is 5.71 Å². The van der Waals surface area contributed by atoms with Crippen LogP contribution in [-0.4, -0.2) is 22.7 Å². The Labute approximate surface area is 54.1 Å². The van der Waals surface area contributed by atoms with Crippen LogP contribution in [-0.2, 0) is 0 Å². The van der Waals surface area contributed by atoms with Crippen LogP contribution in [0.5, 0.6) is 0 Å². The van der Waals surface area contributed by atoms with Gasteiger partial charge in [0.15, 0.2) is 0 Å². The number of nitrogens with zero attached hydrogens (tertiary/aromatic N) is 1. The second-order valence-corrected chi connectivity index (χ2v) is 1.85. The van der Waals surface area contributed by atoms with Gasteiger partial charge in [0, 0.05) is 6.54 Å². The molecule has 0 aromatic carbocycles. The summed E-state index contributed by atoms with van der Waals surface area (Å²) in [5, 5.41) is 19.2. The predicted molar refractivity (Wildman–Crippen MR) is 33.9 cm³/mol. The van der Waals surface area contributed by atoms with Gasteiger partial charge in [-0.3, -0.25) is 0 Å². The molecule has 0 rings (SSSR count). The Bertz CT molecular complexity index is 93.0. The highest BCUT2D eigenvalue weighted by molar-refractivity contribution is 5.81. The molecule has 0 spiro atoms. The summed E-state index contributed by atoms with van der Waals surface area (Å²) in [5.41, 5.74) is 2.70. The molecule has 0 heterocycles. The van der Waals surface area contributed by atoms with Crippen LogP contribution in [0.4, 0.5) is 0 Å². The van der Waals surface area contributed by atoms with Gasteiger partial charge < -0.3 is 10.4 Å². The van der Waals surface area contributed by atoms with Crippen molar-refractivity contribution in [2.75, 3.05) is 6.54 Å². The molecule has 4 heteroatoms. The van der Waals surface area contributed by atoms with Crippen molar-refractivity contribution in [3.05, 3.63) is 0 Å². The zero-order chi connectivity index (χ0) is 7.11. The Kier molecular flexibility index (Phi) is 5.15. The number of hydrogen-bond acceptors (Lipinski definition) is 4. The summed E-state index contributed by atoms with van der Waals surface area (Å²) in [4.78, 5) is 0. The minimum Gasteiger partial charge on any atom is -0.411 e. The lowest BCUT2D eigenvalue weighted by Crippen LogP contribution is -2.09. The third-order valence-corrected chi connectivity index (χ3v) is 0.998. The fourth-order valence-electron chi connectivity index (χ4n) is 0.473. The summed E-state index contributed by atoms with van der Waals surface area (Å²) in [6.07, 6.45) is 1.50. The number of nitrogens with one attached hydrogen (secondary N) is 1. The maximum Gasteiger partial charge on any atom is 0.0540 e. The molecule has 0 aliphatic carbocycles. The van der Waals surface area contributed by atoms with Gasteiger partial charge in [0.25, 0.3) is 0 Å². The average Bonchev–Trinajstić information content (AvgIpc) is 1.89. The molecule has 4 nitrogen and oxygen atoms in total. The third-order valence-electron chi connectivity index (χ3n) is 0.998. The summed E-state index contributed by atoms with van der Waals surface area (Å²) in [6, 6.07) is 0. The lowest BCUT2D eigenvalue weighted by atomic mass is 10.2. The highest BCUT2D eigenvalue weighted by Gasteiger charge is 1.89. The Hall–Kier alpha value is -0.610. The molecule has 9 heavy (non-hydrogen) atoms. The molecule has 0 radical (unpaired) electrons. The quantitative estimate of drug-likeness (QED) is 0.227. The van der Waals surface area contributed by atoms with E-state index in [2.05, 4.69) is 5.16 Å². The van der Waals surface area contributed by atoms with Gasteiger partial charge in [0.2, 0.25) is 0 Å². The molecule has 0 amide bonds. The molecule has 0 saturated carbocycles. The Morgan fingerprint density at radius 2 is 2.33 bits per heavy atom. The zero-order valence-corrected chi connectivity index (χ0v) is 5.46. The van der Waals surface area contributed by atoms with Gasteiger partial charge in [-0.25, -0.2) is 5.48 Å². The highest BCUT2D eigenvalue weighted by Crippen LogP contribution is 1.89. The van der Waals surface area contributed by atoms with E-state index in [4.69, 9.17) is 10.4 Å². The van der Waals surface area contributed by atoms with Gasteiger partial charge in [-0.2, -0.15) is 0 Å². The maximum atomic E-state index is 8.14. The standard InChI is InChI=1S/C5H12N2O2/c1-5(7-9)3-2-4-6-8/h6,8-9H,2-4H2,1H3/b7-5+. The van der Waals surface area contributed by atoms with E-state index in [1.165, 1.54) is 0 Å². The monoisotopic (exact) mass is 132 g/mol. The normalized spacial score (nSPS) is 12.0. The van der Waals surface area contributed by atoms with Gasteiger partial charge >= 0.3 is 0 Å². The van der Waals surface area contributed by atoms with Crippen molar-refractivity contribution in [1.82, 2.24) is 5.48 Å². The summed E-state index contributed by atoms with van der Waals surface area (Å²) in [7, 11) is 0. The van der Waals surface area contributed by atoms with Crippen LogP contribution in [0.2, 0.25) is 0 Å². The van der Waals surface area contributed by atoms with E-state index in [1.807, 2.05) is 5.48 Å². The Morgan fingerprint density at radius 3 is 2.78 bits per heavy atom. The highest BCUT2D eigenvalue weighted by atomic mass is 16.5. The zero-order valence-electron chi connectivity index (χ0n) is 5.46. The van der Waals surface area contributed by atoms with E-state index in [0.29, 0.717) is 18.7 Å². The molecule has 3 N–H and O–H groups in total. The van der Waals surface area contributed by atoms with E-state index in [9.17, 15) is 0 Å². The van der Waals surface area contributed by atoms with E-state index < -0.39 is 0 Å². The molecular formula is C5H12N2O2. The number of oxime groups is 1. The van der Waals surface area contributed by atoms with Crippen molar-refractivity contribution < 1.29 is 10.4 Å². The molecule has 0 aliphatic heterocycles. The molecule has 0 atom stereocenters. The summed E-state index contributed by atoms with van der Waals surface area (Å²) >= 11 is 0. The fourth-order valence-corrected chi connectivity index (χ4v) is 0.473. The molecule has 54 valence electrons. The summed E-state index contributed by atoms with van der Waals surface area (Å²) in [5.74, 6) is 0.